The quantitative estimate of drug-likeness (QED) is 0.500. The lowest BCUT2D eigenvalue weighted by Crippen LogP contribution is -1.84. The van der Waals surface area contributed by atoms with Crippen LogP contribution in [-0.4, -0.2) is 15.0 Å². The second-order valence-electron chi connectivity index (χ2n) is 2.01. The minimum absolute atomic E-state index is 0.756. The van der Waals surface area contributed by atoms with Crippen LogP contribution >= 0.6 is 0 Å². The largest absolute Gasteiger partial charge is 0.388 e. The normalized spacial score (nSPS) is 10.3. The topological polar surface area (TPSA) is 36.8 Å². The first kappa shape index (κ1) is 7.79. The Kier molecular flexibility index (Phi) is 2.66. The van der Waals surface area contributed by atoms with Crippen molar-refractivity contribution >= 4 is 19.4 Å². The van der Waals surface area contributed by atoms with Crippen LogP contribution in [0.1, 0.15) is 0 Å². The smallest absolute Gasteiger partial charge is 0.293 e. The molecule has 0 heterocycles. The first-order valence-corrected chi connectivity index (χ1v) is 3.25. The number of hydrogen-bond donors (Lipinski definition) is 1. The van der Waals surface area contributed by atoms with Crippen molar-refractivity contribution < 1.29 is 0 Å². The molecule has 0 atom stereocenters. The maximum absolute atomic E-state index is 4.87. The Morgan fingerprint density at radius 1 is 1.27 bits per heavy atom. The number of benzene rings is 1. The molecular formula is C7H8BN3. The van der Waals surface area contributed by atoms with E-state index in [4.69, 9.17) is 7.98 Å². The summed E-state index contributed by atoms with van der Waals surface area (Å²) in [6.07, 6.45) is 0. The van der Waals surface area contributed by atoms with Crippen LogP contribution in [0, 0.1) is 0 Å². The second kappa shape index (κ2) is 3.76. The van der Waals surface area contributed by atoms with Gasteiger partial charge in [0.05, 0.1) is 5.69 Å². The van der Waals surface area contributed by atoms with Crippen LogP contribution in [0.3, 0.4) is 0 Å². The van der Waals surface area contributed by atoms with E-state index < -0.39 is 0 Å². The van der Waals surface area contributed by atoms with Crippen molar-refractivity contribution in [2.24, 2.45) is 10.1 Å². The molecule has 4 heteroatoms. The SMILES string of the molecule is [B]N=Nc1ccc(NC)cc1. The summed E-state index contributed by atoms with van der Waals surface area (Å²) in [7, 11) is 6.73. The van der Waals surface area contributed by atoms with Crippen LogP contribution in [0.5, 0.6) is 0 Å². The van der Waals surface area contributed by atoms with Gasteiger partial charge in [0.2, 0.25) is 0 Å². The fraction of sp³-hybridized carbons (Fsp3) is 0.143. The van der Waals surface area contributed by atoms with Crippen molar-refractivity contribution in [1.82, 2.24) is 0 Å². The highest BCUT2D eigenvalue weighted by atomic mass is 15.0. The van der Waals surface area contributed by atoms with Crippen molar-refractivity contribution in [3.8, 4) is 0 Å². The van der Waals surface area contributed by atoms with Gasteiger partial charge in [-0.05, 0) is 24.3 Å². The zero-order valence-corrected chi connectivity index (χ0v) is 6.28. The van der Waals surface area contributed by atoms with Crippen LogP contribution in [-0.2, 0) is 0 Å². The summed E-state index contributed by atoms with van der Waals surface area (Å²) in [6, 6.07) is 7.48. The minimum Gasteiger partial charge on any atom is -0.388 e. The van der Waals surface area contributed by atoms with Gasteiger partial charge < -0.3 is 5.32 Å². The predicted octanol–water partition coefficient (Wildman–Crippen LogP) is 1.90. The Labute approximate surface area is 67.0 Å². The van der Waals surface area contributed by atoms with E-state index in [-0.39, 0.29) is 0 Å². The van der Waals surface area contributed by atoms with Crippen molar-refractivity contribution in [2.45, 2.75) is 0 Å². The standard InChI is InChI=1S/C7H8BN3/c1-9-6-2-4-7(5-3-6)10-11-8/h2-5,9H,1H3. The molecule has 0 aliphatic heterocycles. The zero-order chi connectivity index (χ0) is 8.10. The maximum Gasteiger partial charge on any atom is 0.293 e. The van der Waals surface area contributed by atoms with Gasteiger partial charge in [-0.2, -0.15) is 5.11 Å². The van der Waals surface area contributed by atoms with Crippen LogP contribution in [0.4, 0.5) is 11.4 Å². The molecule has 0 saturated heterocycles. The molecule has 0 spiro atoms. The first-order chi connectivity index (χ1) is 5.36. The van der Waals surface area contributed by atoms with Gasteiger partial charge in [-0.3, -0.25) is 5.03 Å². The van der Waals surface area contributed by atoms with Gasteiger partial charge in [0, 0.05) is 12.7 Å². The number of anilines is 1. The second-order valence-corrected chi connectivity index (χ2v) is 2.01. The monoisotopic (exact) mass is 145 g/mol. The third-order valence-electron chi connectivity index (χ3n) is 1.33. The molecule has 1 N–H and O–H groups in total. The minimum atomic E-state index is 0.756. The van der Waals surface area contributed by atoms with E-state index in [0.717, 1.165) is 11.4 Å². The highest BCUT2D eigenvalue weighted by Gasteiger charge is 1.88. The van der Waals surface area contributed by atoms with Crippen LogP contribution in [0.2, 0.25) is 0 Å². The summed E-state index contributed by atoms with van der Waals surface area (Å²) >= 11 is 0. The summed E-state index contributed by atoms with van der Waals surface area (Å²) in [5.74, 6) is 0. The lowest BCUT2D eigenvalue weighted by atomic mass is 10.3. The average Bonchev–Trinajstić information content (AvgIpc) is 2.07. The van der Waals surface area contributed by atoms with E-state index >= 15 is 0 Å². The number of nitrogens with zero attached hydrogens (tertiary/aromatic N) is 2. The average molecular weight is 145 g/mol. The molecule has 11 heavy (non-hydrogen) atoms. The van der Waals surface area contributed by atoms with Gasteiger partial charge in [0.15, 0.2) is 0 Å². The van der Waals surface area contributed by atoms with Gasteiger partial charge in [0.25, 0.3) is 7.98 Å². The fourth-order valence-corrected chi connectivity index (χ4v) is 0.761. The summed E-state index contributed by atoms with van der Waals surface area (Å²) in [4.78, 5) is 0. The van der Waals surface area contributed by atoms with Gasteiger partial charge in [-0.15, -0.1) is 0 Å². The number of rotatable bonds is 2. The third kappa shape index (κ3) is 2.07. The van der Waals surface area contributed by atoms with Crippen LogP contribution in [0.15, 0.2) is 34.4 Å². The van der Waals surface area contributed by atoms with Crippen LogP contribution in [0.25, 0.3) is 0 Å². The molecule has 1 rings (SSSR count). The Bertz CT molecular complexity index is 242. The van der Waals surface area contributed by atoms with Gasteiger partial charge in [-0.1, -0.05) is 0 Å². The lowest BCUT2D eigenvalue weighted by Gasteiger charge is -1.97. The van der Waals surface area contributed by atoms with E-state index in [1.807, 2.05) is 31.3 Å². The van der Waals surface area contributed by atoms with Gasteiger partial charge in [0.1, 0.15) is 0 Å². The number of nitrogens with one attached hydrogen (secondary N) is 1. The van der Waals surface area contributed by atoms with E-state index in [9.17, 15) is 0 Å². The maximum atomic E-state index is 4.87. The molecule has 0 fully saturated rings. The molecule has 3 nitrogen and oxygen atoms in total. The highest BCUT2D eigenvalue weighted by molar-refractivity contribution is 6.04. The molecule has 0 bridgehead atoms. The molecule has 1 aromatic rings. The summed E-state index contributed by atoms with van der Waals surface area (Å²) < 4.78 is 0. The van der Waals surface area contributed by atoms with E-state index in [1.54, 1.807) is 0 Å². The molecule has 54 valence electrons. The van der Waals surface area contributed by atoms with Gasteiger partial charge >= 0.3 is 0 Å². The Balaban J connectivity index is 2.82. The van der Waals surface area contributed by atoms with Crippen molar-refractivity contribution in [3.63, 3.8) is 0 Å². The van der Waals surface area contributed by atoms with E-state index in [2.05, 4.69) is 15.5 Å². The number of hydrogen-bond acceptors (Lipinski definition) is 3. The molecule has 0 unspecified atom stereocenters. The summed E-state index contributed by atoms with van der Waals surface area (Å²) in [5, 5.41) is 9.82. The molecular weight excluding hydrogens is 137 g/mol. The lowest BCUT2D eigenvalue weighted by molar-refractivity contribution is 1.32. The zero-order valence-electron chi connectivity index (χ0n) is 6.28. The summed E-state index contributed by atoms with van der Waals surface area (Å²) in [5.41, 5.74) is 1.80. The Morgan fingerprint density at radius 2 is 1.91 bits per heavy atom. The molecule has 1 aromatic carbocycles. The van der Waals surface area contributed by atoms with Crippen LogP contribution < -0.4 is 5.32 Å². The summed E-state index contributed by atoms with van der Waals surface area (Å²) in [6.45, 7) is 0. The molecule has 0 amide bonds. The predicted molar refractivity (Wildman–Crippen MR) is 46.3 cm³/mol. The molecule has 2 radical (unpaired) electrons. The molecule has 0 aliphatic rings. The third-order valence-corrected chi connectivity index (χ3v) is 1.33. The Morgan fingerprint density at radius 3 is 2.36 bits per heavy atom. The van der Waals surface area contributed by atoms with Gasteiger partial charge in [-0.25, -0.2) is 0 Å². The molecule has 0 aliphatic carbocycles. The van der Waals surface area contributed by atoms with Crippen molar-refractivity contribution in [3.05, 3.63) is 24.3 Å². The van der Waals surface area contributed by atoms with Crippen molar-refractivity contribution in [2.75, 3.05) is 12.4 Å². The van der Waals surface area contributed by atoms with E-state index in [1.165, 1.54) is 0 Å². The Hall–Kier alpha value is -1.32. The fourth-order valence-electron chi connectivity index (χ4n) is 0.761. The van der Waals surface area contributed by atoms with Crippen molar-refractivity contribution in [1.29, 1.82) is 0 Å². The first-order valence-electron chi connectivity index (χ1n) is 3.25. The molecule has 0 aromatic heterocycles. The molecule has 0 saturated carbocycles. The highest BCUT2D eigenvalue weighted by Crippen LogP contribution is 2.15. The van der Waals surface area contributed by atoms with E-state index in [0.29, 0.717) is 0 Å².